The zero-order valence-electron chi connectivity index (χ0n) is 9.96. The van der Waals surface area contributed by atoms with Crippen LogP contribution in [0.2, 0.25) is 0 Å². The van der Waals surface area contributed by atoms with Crippen LogP contribution in [0.5, 0.6) is 0 Å². The number of benzene rings is 1. The molecule has 1 rings (SSSR count). The van der Waals surface area contributed by atoms with E-state index in [1.165, 1.54) is 12.1 Å². The summed E-state index contributed by atoms with van der Waals surface area (Å²) in [5.41, 5.74) is 2.94. The molecule has 0 aliphatic carbocycles. The van der Waals surface area contributed by atoms with Gasteiger partial charge >= 0.3 is 0 Å². The number of hydrogen-bond acceptors (Lipinski definition) is 3. The maximum Gasteiger partial charge on any atom is 0.123 e. The van der Waals surface area contributed by atoms with Gasteiger partial charge in [-0.2, -0.15) is 0 Å². The quantitative estimate of drug-likeness (QED) is 0.484. The van der Waals surface area contributed by atoms with Crippen molar-refractivity contribution in [1.82, 2.24) is 5.43 Å². The van der Waals surface area contributed by atoms with Crippen LogP contribution in [0.3, 0.4) is 0 Å². The Hall–Kier alpha value is -0.580. The van der Waals surface area contributed by atoms with Gasteiger partial charge in [-0.25, -0.2) is 4.39 Å². The van der Waals surface area contributed by atoms with Crippen molar-refractivity contribution >= 4 is 11.8 Å². The highest BCUT2D eigenvalue weighted by atomic mass is 32.2. The Bertz CT molecular complexity index is 319. The molecular weight excluding hydrogens is 223 g/mol. The van der Waals surface area contributed by atoms with Crippen molar-refractivity contribution in [3.8, 4) is 0 Å². The number of hydrogen-bond donors (Lipinski definition) is 2. The van der Waals surface area contributed by atoms with Crippen LogP contribution in [-0.2, 0) is 0 Å². The lowest BCUT2D eigenvalue weighted by molar-refractivity contribution is 0.294. The first kappa shape index (κ1) is 13.5. The molecule has 0 bridgehead atoms. The van der Waals surface area contributed by atoms with Gasteiger partial charge in [0.05, 0.1) is 0 Å². The molecule has 4 heteroatoms. The number of rotatable bonds is 4. The molecule has 1 aromatic carbocycles. The lowest BCUT2D eigenvalue weighted by Gasteiger charge is -2.29. The van der Waals surface area contributed by atoms with E-state index in [-0.39, 0.29) is 17.3 Å². The number of halogens is 1. The molecule has 0 saturated heterocycles. The Balaban J connectivity index is 2.53. The molecule has 1 aromatic rings. The number of nitrogens with one attached hydrogen (secondary N) is 1. The summed E-state index contributed by atoms with van der Waals surface area (Å²) in [6.07, 6.45) is 0. The van der Waals surface area contributed by atoms with Gasteiger partial charge in [0.1, 0.15) is 5.82 Å². The highest BCUT2D eigenvalue weighted by Gasteiger charge is 2.23. The van der Waals surface area contributed by atoms with Crippen LogP contribution in [0.4, 0.5) is 4.39 Å². The third kappa shape index (κ3) is 4.12. The maximum absolute atomic E-state index is 12.7. The zero-order valence-corrected chi connectivity index (χ0v) is 10.8. The van der Waals surface area contributed by atoms with Crippen molar-refractivity contribution in [2.24, 2.45) is 11.3 Å². The highest BCUT2D eigenvalue weighted by Crippen LogP contribution is 2.26. The summed E-state index contributed by atoms with van der Waals surface area (Å²) < 4.78 is 12.7. The molecule has 1 atom stereocenters. The summed E-state index contributed by atoms with van der Waals surface area (Å²) >= 11 is 1.68. The van der Waals surface area contributed by atoms with E-state index in [1.54, 1.807) is 23.9 Å². The molecule has 0 spiro atoms. The van der Waals surface area contributed by atoms with Crippen LogP contribution in [-0.4, -0.2) is 11.8 Å². The first-order valence-corrected chi connectivity index (χ1v) is 6.26. The number of thioether (sulfide) groups is 1. The molecule has 0 heterocycles. The standard InChI is InChI=1S/C12H19FN2S/c1-12(2,3)11(15-14)8-16-10-6-4-9(13)5-7-10/h4-7,11,15H,8,14H2,1-3H3. The predicted molar refractivity (Wildman–Crippen MR) is 67.7 cm³/mol. The lowest BCUT2D eigenvalue weighted by Crippen LogP contribution is -2.46. The topological polar surface area (TPSA) is 38.0 Å². The molecule has 0 aromatic heterocycles. The average Bonchev–Trinajstić information content (AvgIpc) is 2.19. The van der Waals surface area contributed by atoms with Crippen molar-refractivity contribution in [1.29, 1.82) is 0 Å². The molecule has 2 nitrogen and oxygen atoms in total. The van der Waals surface area contributed by atoms with Gasteiger partial charge in [-0.05, 0) is 29.7 Å². The summed E-state index contributed by atoms with van der Waals surface area (Å²) in [6.45, 7) is 6.42. The molecule has 16 heavy (non-hydrogen) atoms. The minimum absolute atomic E-state index is 0.113. The second kappa shape index (κ2) is 5.66. The minimum atomic E-state index is -0.200. The Labute approximate surface area is 101 Å². The largest absolute Gasteiger partial charge is 0.271 e. The Morgan fingerprint density at radius 1 is 1.31 bits per heavy atom. The van der Waals surface area contributed by atoms with Crippen LogP contribution in [0, 0.1) is 11.2 Å². The van der Waals surface area contributed by atoms with E-state index in [0.29, 0.717) is 0 Å². The molecule has 0 radical (unpaired) electrons. The van der Waals surface area contributed by atoms with E-state index < -0.39 is 0 Å². The van der Waals surface area contributed by atoms with Gasteiger partial charge in [0, 0.05) is 16.7 Å². The van der Waals surface area contributed by atoms with Gasteiger partial charge < -0.3 is 0 Å². The molecule has 3 N–H and O–H groups in total. The zero-order chi connectivity index (χ0) is 12.2. The molecule has 0 amide bonds. The molecule has 0 aliphatic rings. The van der Waals surface area contributed by atoms with Crippen LogP contribution >= 0.6 is 11.8 Å². The van der Waals surface area contributed by atoms with Gasteiger partial charge in [0.15, 0.2) is 0 Å². The van der Waals surface area contributed by atoms with E-state index in [9.17, 15) is 4.39 Å². The fourth-order valence-electron chi connectivity index (χ4n) is 1.26. The van der Waals surface area contributed by atoms with Gasteiger partial charge in [-0.1, -0.05) is 20.8 Å². The molecule has 90 valence electrons. The fourth-order valence-corrected chi connectivity index (χ4v) is 2.54. The second-order valence-electron chi connectivity index (χ2n) is 4.85. The smallest absolute Gasteiger partial charge is 0.123 e. The molecular formula is C12H19FN2S. The van der Waals surface area contributed by atoms with Crippen molar-refractivity contribution in [3.05, 3.63) is 30.1 Å². The Morgan fingerprint density at radius 2 is 1.88 bits per heavy atom. The predicted octanol–water partition coefficient (Wildman–Crippen LogP) is 2.80. The SMILES string of the molecule is CC(C)(C)C(CSc1ccc(F)cc1)NN. The molecule has 1 unspecified atom stereocenters. The first-order chi connectivity index (χ1) is 7.43. The number of hydrazine groups is 1. The van der Waals surface area contributed by atoms with Crippen LogP contribution in [0.1, 0.15) is 20.8 Å². The van der Waals surface area contributed by atoms with Crippen molar-refractivity contribution in [2.45, 2.75) is 31.7 Å². The van der Waals surface area contributed by atoms with E-state index in [0.717, 1.165) is 10.6 Å². The number of nitrogens with two attached hydrogens (primary N) is 1. The van der Waals surface area contributed by atoms with Gasteiger partial charge in [-0.15, -0.1) is 11.8 Å². The molecule has 0 aliphatic heterocycles. The first-order valence-electron chi connectivity index (χ1n) is 5.28. The van der Waals surface area contributed by atoms with Gasteiger partial charge in [0.2, 0.25) is 0 Å². The van der Waals surface area contributed by atoms with Gasteiger partial charge in [-0.3, -0.25) is 11.3 Å². The third-order valence-corrected chi connectivity index (χ3v) is 3.58. The summed E-state index contributed by atoms with van der Waals surface area (Å²) in [5, 5.41) is 0. The van der Waals surface area contributed by atoms with Crippen molar-refractivity contribution < 1.29 is 4.39 Å². The summed E-state index contributed by atoms with van der Waals surface area (Å²) in [7, 11) is 0. The van der Waals surface area contributed by atoms with Crippen molar-refractivity contribution in [3.63, 3.8) is 0 Å². The Morgan fingerprint density at radius 3 is 2.31 bits per heavy atom. The van der Waals surface area contributed by atoms with Gasteiger partial charge in [0.25, 0.3) is 0 Å². The lowest BCUT2D eigenvalue weighted by atomic mass is 9.88. The highest BCUT2D eigenvalue weighted by molar-refractivity contribution is 7.99. The van der Waals surface area contributed by atoms with Crippen LogP contribution < -0.4 is 11.3 Å². The molecule has 0 fully saturated rings. The maximum atomic E-state index is 12.7. The fraction of sp³-hybridized carbons (Fsp3) is 0.500. The summed E-state index contributed by atoms with van der Waals surface area (Å²) in [4.78, 5) is 1.06. The summed E-state index contributed by atoms with van der Waals surface area (Å²) in [5.74, 6) is 6.19. The third-order valence-electron chi connectivity index (χ3n) is 2.48. The summed E-state index contributed by atoms with van der Waals surface area (Å²) in [6, 6.07) is 6.75. The van der Waals surface area contributed by atoms with E-state index in [2.05, 4.69) is 26.2 Å². The molecule has 0 saturated carbocycles. The van der Waals surface area contributed by atoms with Crippen molar-refractivity contribution in [2.75, 3.05) is 5.75 Å². The van der Waals surface area contributed by atoms with E-state index >= 15 is 0 Å². The van der Waals surface area contributed by atoms with E-state index in [1.807, 2.05) is 0 Å². The van der Waals surface area contributed by atoms with E-state index in [4.69, 9.17) is 5.84 Å². The second-order valence-corrected chi connectivity index (χ2v) is 5.94. The minimum Gasteiger partial charge on any atom is -0.271 e. The monoisotopic (exact) mass is 242 g/mol. The van der Waals surface area contributed by atoms with Crippen LogP contribution in [0.15, 0.2) is 29.2 Å². The van der Waals surface area contributed by atoms with Crippen LogP contribution in [0.25, 0.3) is 0 Å². The normalized spacial score (nSPS) is 13.8. The Kier molecular flexibility index (Phi) is 4.77. The average molecular weight is 242 g/mol.